The first-order chi connectivity index (χ1) is 2.50. The predicted molar refractivity (Wildman–Crippen MR) is 19.6 cm³/mol. The largest absolute Gasteiger partial charge is 0.372 e. The zero-order chi connectivity index (χ0) is 3.54. The molecule has 0 radical (unpaired) electrons. The highest BCUT2D eigenvalue weighted by Crippen LogP contribution is 1.99. The fourth-order valence-corrected chi connectivity index (χ4v) is 0.361. The average molecular weight is 88.1 g/mol. The third-order valence-electron chi connectivity index (χ3n) is 0.256. The molecule has 0 unspecified atom stereocenters. The SMILES string of the molecule is [C+]1=CONS1. The summed E-state index contributed by atoms with van der Waals surface area (Å²) in [5.74, 6) is 0. The molecule has 0 aromatic rings. The van der Waals surface area contributed by atoms with Crippen LogP contribution >= 0.6 is 11.9 Å². The molecule has 1 aliphatic heterocycles. The summed E-state index contributed by atoms with van der Waals surface area (Å²) >= 11 is 1.30. The van der Waals surface area contributed by atoms with E-state index in [4.69, 9.17) is 0 Å². The van der Waals surface area contributed by atoms with Gasteiger partial charge in [0.1, 0.15) is 0 Å². The van der Waals surface area contributed by atoms with Gasteiger partial charge in [0, 0.05) is 0 Å². The summed E-state index contributed by atoms with van der Waals surface area (Å²) in [6, 6.07) is 0. The van der Waals surface area contributed by atoms with Crippen LogP contribution in [0.3, 0.4) is 0 Å². The maximum atomic E-state index is 4.42. The van der Waals surface area contributed by atoms with Gasteiger partial charge in [-0.1, -0.05) is 0 Å². The topological polar surface area (TPSA) is 21.3 Å². The van der Waals surface area contributed by atoms with Crippen LogP contribution in [0.2, 0.25) is 0 Å². The van der Waals surface area contributed by atoms with E-state index in [0.29, 0.717) is 0 Å². The van der Waals surface area contributed by atoms with Gasteiger partial charge in [0.15, 0.2) is 0 Å². The molecule has 0 spiro atoms. The van der Waals surface area contributed by atoms with E-state index in [1.54, 1.807) is 0 Å². The van der Waals surface area contributed by atoms with Crippen molar-refractivity contribution in [1.82, 2.24) is 4.89 Å². The lowest BCUT2D eigenvalue weighted by atomic mass is 11.2. The number of rotatable bonds is 0. The minimum Gasteiger partial charge on any atom is -0.347 e. The molecule has 5 heavy (non-hydrogen) atoms. The van der Waals surface area contributed by atoms with Gasteiger partial charge in [-0.2, -0.15) is 0 Å². The highest BCUT2D eigenvalue weighted by atomic mass is 32.2. The van der Waals surface area contributed by atoms with E-state index in [1.807, 2.05) is 0 Å². The van der Waals surface area contributed by atoms with Crippen molar-refractivity contribution in [2.45, 2.75) is 0 Å². The van der Waals surface area contributed by atoms with Crippen LogP contribution in [0.4, 0.5) is 0 Å². The van der Waals surface area contributed by atoms with Gasteiger partial charge in [0.2, 0.25) is 0 Å². The second-order valence-corrected chi connectivity index (χ2v) is 1.15. The summed E-state index contributed by atoms with van der Waals surface area (Å²) in [5.41, 5.74) is 0. The summed E-state index contributed by atoms with van der Waals surface area (Å²) in [6.07, 6.45) is 1.46. The Morgan fingerprint density at radius 1 is 2.00 bits per heavy atom. The van der Waals surface area contributed by atoms with Gasteiger partial charge in [0.05, 0.1) is 0 Å². The lowest BCUT2D eigenvalue weighted by Crippen LogP contribution is -1.88. The fraction of sp³-hybridized carbons (Fsp3) is 0. The van der Waals surface area contributed by atoms with Crippen molar-refractivity contribution in [3.05, 3.63) is 11.7 Å². The number of nitrogens with one attached hydrogen (secondary N) is 1. The van der Waals surface area contributed by atoms with Gasteiger partial charge in [-0.25, -0.2) is 0 Å². The molecule has 0 saturated carbocycles. The molecule has 1 aliphatic rings. The molecule has 0 saturated heterocycles. The second kappa shape index (κ2) is 1.26. The highest BCUT2D eigenvalue weighted by Gasteiger charge is 2.04. The highest BCUT2D eigenvalue weighted by molar-refractivity contribution is 7.99. The normalized spacial score (nSPS) is 17.6. The van der Waals surface area contributed by atoms with Gasteiger partial charge in [-0.3, -0.25) is 0 Å². The Morgan fingerprint density at radius 2 is 3.00 bits per heavy atom. The van der Waals surface area contributed by atoms with Crippen molar-refractivity contribution in [3.8, 4) is 0 Å². The summed E-state index contributed by atoms with van der Waals surface area (Å²) in [4.78, 5) is 6.89. The van der Waals surface area contributed by atoms with Crippen LogP contribution in [0, 0.1) is 5.41 Å². The van der Waals surface area contributed by atoms with Crippen LogP contribution in [0.15, 0.2) is 6.26 Å². The van der Waals surface area contributed by atoms with Crippen molar-refractivity contribution in [1.29, 1.82) is 0 Å². The molecule has 0 fully saturated rings. The van der Waals surface area contributed by atoms with Crippen molar-refractivity contribution in [3.63, 3.8) is 0 Å². The molecule has 1 rings (SSSR count). The molecular formula is C2H2NOS+. The third kappa shape index (κ3) is 0.514. The van der Waals surface area contributed by atoms with E-state index < -0.39 is 0 Å². The van der Waals surface area contributed by atoms with Gasteiger partial charge in [-0.05, 0) is 4.89 Å². The van der Waals surface area contributed by atoms with Crippen molar-refractivity contribution in [2.75, 3.05) is 0 Å². The molecule has 0 amide bonds. The maximum Gasteiger partial charge on any atom is 0.372 e. The Labute approximate surface area is 34.3 Å². The second-order valence-electron chi connectivity index (χ2n) is 0.539. The van der Waals surface area contributed by atoms with E-state index in [9.17, 15) is 0 Å². The summed E-state index contributed by atoms with van der Waals surface area (Å²) in [6.45, 7) is 0. The molecule has 3 heteroatoms. The Balaban J connectivity index is 2.32. The van der Waals surface area contributed by atoms with Gasteiger partial charge < -0.3 is 4.84 Å². The van der Waals surface area contributed by atoms with Gasteiger partial charge in [-0.15, -0.1) is 0 Å². The molecule has 0 aromatic heterocycles. The average Bonchev–Trinajstić information content (AvgIpc) is 1.76. The Hall–Kier alpha value is -0.240. The first-order valence-electron chi connectivity index (χ1n) is 1.14. The van der Waals surface area contributed by atoms with E-state index >= 15 is 0 Å². The Bertz CT molecular complexity index is 47.6. The van der Waals surface area contributed by atoms with Crippen molar-refractivity contribution < 1.29 is 4.84 Å². The van der Waals surface area contributed by atoms with Crippen molar-refractivity contribution >= 4 is 11.9 Å². The molecule has 26 valence electrons. The zero-order valence-electron chi connectivity index (χ0n) is 2.39. The molecule has 1 N–H and O–H groups in total. The monoisotopic (exact) mass is 88.0 g/mol. The lowest BCUT2D eigenvalue weighted by Gasteiger charge is -1.70. The standard InChI is InChI=1S/C2H2NOS/c1-2-5-3-4-1/h1,3H/q+1. The third-order valence-corrected chi connectivity index (χ3v) is 0.649. The first kappa shape index (κ1) is 2.97. The van der Waals surface area contributed by atoms with Crippen LogP contribution in [-0.2, 0) is 4.84 Å². The zero-order valence-corrected chi connectivity index (χ0v) is 3.21. The summed E-state index contributed by atoms with van der Waals surface area (Å²) in [7, 11) is 0. The predicted octanol–water partition coefficient (Wildman–Crippen LogP) is 0.444. The summed E-state index contributed by atoms with van der Waals surface area (Å²) in [5, 5.41) is 2.68. The molecule has 0 aliphatic carbocycles. The lowest BCUT2D eigenvalue weighted by molar-refractivity contribution is 0.223. The van der Waals surface area contributed by atoms with E-state index in [-0.39, 0.29) is 0 Å². The van der Waals surface area contributed by atoms with Crippen LogP contribution in [0.25, 0.3) is 0 Å². The Morgan fingerprint density at radius 3 is 3.20 bits per heavy atom. The fourth-order valence-electron chi connectivity index (χ4n) is 0.120. The van der Waals surface area contributed by atoms with Crippen LogP contribution in [-0.4, -0.2) is 0 Å². The molecule has 0 bridgehead atoms. The van der Waals surface area contributed by atoms with Crippen LogP contribution in [0.1, 0.15) is 0 Å². The van der Waals surface area contributed by atoms with Gasteiger partial charge >= 0.3 is 11.7 Å². The molecule has 0 aromatic carbocycles. The first-order valence-corrected chi connectivity index (χ1v) is 1.95. The molecular weight excluding hydrogens is 86.1 g/mol. The molecule has 1 heterocycles. The number of hydrogen-bond donors (Lipinski definition) is 1. The minimum absolute atomic E-state index is 1.30. The molecule has 0 atom stereocenters. The van der Waals surface area contributed by atoms with E-state index in [2.05, 4.69) is 15.1 Å². The smallest absolute Gasteiger partial charge is 0.347 e. The van der Waals surface area contributed by atoms with Crippen LogP contribution < -0.4 is 4.89 Å². The molecule has 2 nitrogen and oxygen atoms in total. The van der Waals surface area contributed by atoms with Gasteiger partial charge in [0.25, 0.3) is 11.9 Å². The summed E-state index contributed by atoms with van der Waals surface area (Å²) < 4.78 is 0. The quantitative estimate of drug-likeness (QED) is 0.343. The van der Waals surface area contributed by atoms with E-state index in [1.165, 1.54) is 18.2 Å². The minimum atomic E-state index is 1.30. The Kier molecular flexibility index (Phi) is 0.751. The maximum absolute atomic E-state index is 4.42. The number of hydrogen-bond acceptors (Lipinski definition) is 3. The van der Waals surface area contributed by atoms with E-state index in [0.717, 1.165) is 0 Å². The van der Waals surface area contributed by atoms with Crippen LogP contribution in [0.5, 0.6) is 0 Å². The van der Waals surface area contributed by atoms with Crippen molar-refractivity contribution in [2.24, 2.45) is 0 Å².